The van der Waals surface area contributed by atoms with E-state index in [4.69, 9.17) is 11.6 Å². The number of rotatable bonds is 7. The lowest BCUT2D eigenvalue weighted by Crippen LogP contribution is -2.43. The van der Waals surface area contributed by atoms with Crippen molar-refractivity contribution < 1.29 is 14.7 Å². The molecular formula is C22H28ClIN4O3. The molecule has 1 saturated carbocycles. The Morgan fingerprint density at radius 2 is 1.77 bits per heavy atom. The van der Waals surface area contributed by atoms with Gasteiger partial charge in [0.15, 0.2) is 5.96 Å². The quantitative estimate of drug-likeness (QED) is 0.157. The van der Waals surface area contributed by atoms with E-state index in [1.54, 1.807) is 24.3 Å². The number of hydrogen-bond acceptors (Lipinski definition) is 4. The van der Waals surface area contributed by atoms with Gasteiger partial charge in [-0.25, -0.2) is 0 Å². The van der Waals surface area contributed by atoms with Crippen molar-refractivity contribution in [2.24, 2.45) is 28.7 Å². The van der Waals surface area contributed by atoms with Crippen molar-refractivity contribution >= 4 is 53.4 Å². The van der Waals surface area contributed by atoms with Gasteiger partial charge in [0.25, 0.3) is 0 Å². The van der Waals surface area contributed by atoms with Crippen molar-refractivity contribution in [3.63, 3.8) is 0 Å². The molecule has 0 radical (unpaired) electrons. The minimum atomic E-state index is -0.748. The highest BCUT2D eigenvalue weighted by atomic mass is 127. The third-order valence-corrected chi connectivity index (χ3v) is 6.46. The molecule has 1 aromatic carbocycles. The number of likely N-dealkylation sites (tertiary alicyclic amines) is 1. The van der Waals surface area contributed by atoms with Crippen LogP contribution in [0.15, 0.2) is 41.4 Å². The number of amides is 2. The summed E-state index contributed by atoms with van der Waals surface area (Å²) < 4.78 is 0. The maximum Gasteiger partial charge on any atom is 0.233 e. The van der Waals surface area contributed by atoms with Crippen molar-refractivity contribution in [3.05, 3.63) is 47.0 Å². The predicted molar refractivity (Wildman–Crippen MR) is 130 cm³/mol. The zero-order valence-corrected chi connectivity index (χ0v) is 20.4. The maximum absolute atomic E-state index is 12.7. The number of benzene rings is 1. The number of imide groups is 1. The number of aliphatic hydroxyl groups excluding tert-OH is 1. The van der Waals surface area contributed by atoms with Gasteiger partial charge >= 0.3 is 0 Å². The van der Waals surface area contributed by atoms with E-state index in [0.29, 0.717) is 30.6 Å². The Morgan fingerprint density at radius 3 is 2.35 bits per heavy atom. The third-order valence-electron chi connectivity index (χ3n) is 6.21. The molecule has 168 valence electrons. The SMILES string of the molecule is CCNC(=NCC(O)c1ccc(Cl)cc1)NCCN1C(=O)C2C3C=CC(C3)C2C1=O.I. The number of guanidine groups is 1. The average molecular weight is 559 g/mol. The van der Waals surface area contributed by atoms with Gasteiger partial charge in [-0.3, -0.25) is 19.5 Å². The standard InChI is InChI=1S/C22H27ClN4O3.HI/c1-2-24-22(26-12-17(28)13-5-7-16(23)8-6-13)25-9-10-27-20(29)18-14-3-4-15(11-14)19(18)21(27)30;/h3-8,14-15,17-19,28H,2,9-12H2,1H3,(H2,24,25,26);1H. The van der Waals surface area contributed by atoms with Crippen LogP contribution in [-0.4, -0.2) is 54.0 Å². The summed E-state index contributed by atoms with van der Waals surface area (Å²) in [7, 11) is 0. The van der Waals surface area contributed by atoms with Crippen LogP contribution in [0, 0.1) is 23.7 Å². The molecule has 3 N–H and O–H groups in total. The number of fused-ring (bicyclic) bond motifs is 5. The molecule has 1 heterocycles. The first kappa shape index (κ1) is 24.0. The highest BCUT2D eigenvalue weighted by Crippen LogP contribution is 2.52. The van der Waals surface area contributed by atoms with Crippen molar-refractivity contribution in [3.8, 4) is 0 Å². The molecule has 3 aliphatic rings. The largest absolute Gasteiger partial charge is 0.386 e. The zero-order chi connectivity index (χ0) is 21.3. The summed E-state index contributed by atoms with van der Waals surface area (Å²) in [5.41, 5.74) is 0.738. The van der Waals surface area contributed by atoms with E-state index in [1.807, 2.05) is 6.92 Å². The number of nitrogens with zero attached hydrogens (tertiary/aromatic N) is 2. The van der Waals surface area contributed by atoms with Crippen LogP contribution < -0.4 is 10.6 Å². The van der Waals surface area contributed by atoms with Crippen molar-refractivity contribution in [1.29, 1.82) is 0 Å². The molecule has 2 amide bonds. The van der Waals surface area contributed by atoms with Gasteiger partial charge in [-0.05, 0) is 42.9 Å². The second-order valence-corrected chi connectivity index (χ2v) is 8.48. The predicted octanol–water partition coefficient (Wildman–Crippen LogP) is 2.35. The Morgan fingerprint density at radius 1 is 1.16 bits per heavy atom. The lowest BCUT2D eigenvalue weighted by Gasteiger charge is -2.19. The van der Waals surface area contributed by atoms with Crippen molar-refractivity contribution in [1.82, 2.24) is 15.5 Å². The summed E-state index contributed by atoms with van der Waals surface area (Å²) in [4.78, 5) is 31.3. The minimum absolute atomic E-state index is 0. The first-order valence-corrected chi connectivity index (χ1v) is 10.9. The lowest BCUT2D eigenvalue weighted by atomic mass is 9.85. The van der Waals surface area contributed by atoms with E-state index >= 15 is 0 Å². The first-order valence-electron chi connectivity index (χ1n) is 10.5. The lowest BCUT2D eigenvalue weighted by molar-refractivity contribution is -0.140. The van der Waals surface area contributed by atoms with Crippen LogP contribution in [-0.2, 0) is 9.59 Å². The molecule has 2 aliphatic carbocycles. The maximum atomic E-state index is 12.7. The molecule has 0 aromatic heterocycles. The Bertz CT molecular complexity index is 846. The molecule has 5 unspecified atom stereocenters. The highest BCUT2D eigenvalue weighted by Gasteiger charge is 2.58. The number of hydrogen-bond donors (Lipinski definition) is 3. The fourth-order valence-electron chi connectivity index (χ4n) is 4.78. The summed E-state index contributed by atoms with van der Waals surface area (Å²) >= 11 is 5.88. The number of carbonyl (C=O) groups is 2. The van der Waals surface area contributed by atoms with Crippen LogP contribution in [0.2, 0.25) is 5.02 Å². The van der Waals surface area contributed by atoms with E-state index in [9.17, 15) is 14.7 Å². The van der Waals surface area contributed by atoms with Crippen molar-refractivity contribution in [2.75, 3.05) is 26.2 Å². The molecule has 2 fully saturated rings. The molecule has 2 bridgehead atoms. The molecular weight excluding hydrogens is 531 g/mol. The summed E-state index contributed by atoms with van der Waals surface area (Å²) in [6, 6.07) is 7.00. The monoisotopic (exact) mass is 558 g/mol. The Balaban J connectivity index is 0.00000272. The second-order valence-electron chi connectivity index (χ2n) is 8.04. The minimum Gasteiger partial charge on any atom is -0.386 e. The van der Waals surface area contributed by atoms with E-state index in [-0.39, 0.29) is 66.0 Å². The number of halogens is 2. The Labute approximate surface area is 204 Å². The number of aliphatic imine (C=N–C) groups is 1. The fourth-order valence-corrected chi connectivity index (χ4v) is 4.91. The van der Waals surface area contributed by atoms with Gasteiger partial charge in [0.1, 0.15) is 0 Å². The van der Waals surface area contributed by atoms with Crippen LogP contribution in [0.25, 0.3) is 0 Å². The van der Waals surface area contributed by atoms with Crippen LogP contribution in [0.4, 0.5) is 0 Å². The summed E-state index contributed by atoms with van der Waals surface area (Å²) in [6.45, 7) is 3.50. The molecule has 0 spiro atoms. The van der Waals surface area contributed by atoms with Gasteiger partial charge in [-0.1, -0.05) is 35.9 Å². The molecule has 31 heavy (non-hydrogen) atoms. The van der Waals surface area contributed by atoms with E-state index < -0.39 is 6.10 Å². The smallest absolute Gasteiger partial charge is 0.233 e. The second kappa shape index (κ2) is 10.3. The fraction of sp³-hybridized carbons (Fsp3) is 0.500. The van der Waals surface area contributed by atoms with E-state index in [2.05, 4.69) is 27.8 Å². The van der Waals surface area contributed by atoms with Crippen molar-refractivity contribution in [2.45, 2.75) is 19.4 Å². The first-order chi connectivity index (χ1) is 14.5. The van der Waals surface area contributed by atoms with Gasteiger partial charge in [0.2, 0.25) is 11.8 Å². The molecule has 1 saturated heterocycles. The van der Waals surface area contributed by atoms with Gasteiger partial charge in [0.05, 0.1) is 24.5 Å². The van der Waals surface area contributed by atoms with Crippen LogP contribution >= 0.6 is 35.6 Å². The molecule has 5 atom stereocenters. The molecule has 1 aliphatic heterocycles. The average Bonchev–Trinajstić information content (AvgIpc) is 3.42. The van der Waals surface area contributed by atoms with Gasteiger partial charge in [-0.15, -0.1) is 24.0 Å². The Hall–Kier alpha value is -1.65. The molecule has 7 nitrogen and oxygen atoms in total. The Kier molecular flexibility index (Phi) is 7.98. The summed E-state index contributed by atoms with van der Waals surface area (Å²) in [5, 5.41) is 17.2. The normalized spacial score (nSPS) is 27.3. The van der Waals surface area contributed by atoms with Gasteiger partial charge in [0, 0.05) is 24.7 Å². The molecule has 1 aromatic rings. The number of aliphatic hydroxyl groups is 1. The third kappa shape index (κ3) is 4.90. The molecule has 9 heteroatoms. The van der Waals surface area contributed by atoms with Gasteiger partial charge in [-0.2, -0.15) is 0 Å². The van der Waals surface area contributed by atoms with E-state index in [1.165, 1.54) is 4.90 Å². The summed E-state index contributed by atoms with van der Waals surface area (Å²) in [5.74, 6) is 0.581. The highest BCUT2D eigenvalue weighted by molar-refractivity contribution is 14.0. The van der Waals surface area contributed by atoms with E-state index in [0.717, 1.165) is 12.0 Å². The van der Waals surface area contributed by atoms with Gasteiger partial charge < -0.3 is 15.7 Å². The van der Waals surface area contributed by atoms with Crippen LogP contribution in [0.3, 0.4) is 0 Å². The molecule has 4 rings (SSSR count). The number of allylic oxidation sites excluding steroid dienone is 2. The number of carbonyl (C=O) groups excluding carboxylic acids is 2. The topological polar surface area (TPSA) is 94.0 Å². The zero-order valence-electron chi connectivity index (χ0n) is 17.3. The number of nitrogens with one attached hydrogen (secondary N) is 2. The van der Waals surface area contributed by atoms with Crippen LogP contribution in [0.1, 0.15) is 25.0 Å². The van der Waals surface area contributed by atoms with Crippen LogP contribution in [0.5, 0.6) is 0 Å². The summed E-state index contributed by atoms with van der Waals surface area (Å²) in [6.07, 6.45) is 4.38.